The van der Waals surface area contributed by atoms with Crippen molar-refractivity contribution >= 4 is 23.2 Å². The van der Waals surface area contributed by atoms with E-state index in [0.717, 1.165) is 0 Å². The summed E-state index contributed by atoms with van der Waals surface area (Å²) < 4.78 is 15.8. The minimum absolute atomic E-state index is 0.232. The standard InChI is InChI=1S/C21H22N4O4/c1-13-10-18(20(26)23-14-6-5-7-15(11-14)27-2)25-21(22-13)24-17-9-8-16(28-3)12-19(17)29-4/h5-12H,1-4H3,(H,23,26)(H,22,24,25). The molecule has 2 aromatic carbocycles. The Bertz CT molecular complexity index is 1020. The lowest BCUT2D eigenvalue weighted by Crippen LogP contribution is -2.15. The molecule has 3 aromatic rings. The van der Waals surface area contributed by atoms with Crippen molar-refractivity contribution < 1.29 is 19.0 Å². The molecule has 29 heavy (non-hydrogen) atoms. The maximum atomic E-state index is 12.7. The third-order valence-electron chi connectivity index (χ3n) is 4.07. The minimum atomic E-state index is -0.353. The van der Waals surface area contributed by atoms with Crippen LogP contribution in [-0.4, -0.2) is 37.2 Å². The number of anilines is 3. The quantitative estimate of drug-likeness (QED) is 0.629. The van der Waals surface area contributed by atoms with Crippen molar-refractivity contribution in [3.05, 3.63) is 59.9 Å². The van der Waals surface area contributed by atoms with Crippen molar-refractivity contribution in [2.24, 2.45) is 0 Å². The van der Waals surface area contributed by atoms with Crippen LogP contribution < -0.4 is 24.8 Å². The zero-order chi connectivity index (χ0) is 20.8. The largest absolute Gasteiger partial charge is 0.497 e. The highest BCUT2D eigenvalue weighted by Gasteiger charge is 2.13. The number of aryl methyl sites for hydroxylation is 1. The van der Waals surface area contributed by atoms with Gasteiger partial charge in [0, 0.05) is 23.5 Å². The van der Waals surface area contributed by atoms with E-state index in [1.54, 1.807) is 76.8 Å². The number of carbonyl (C=O) groups is 1. The first kappa shape index (κ1) is 19.9. The Balaban J connectivity index is 1.83. The van der Waals surface area contributed by atoms with Crippen LogP contribution in [0, 0.1) is 6.92 Å². The average Bonchev–Trinajstić information content (AvgIpc) is 2.73. The molecule has 150 valence electrons. The van der Waals surface area contributed by atoms with Gasteiger partial charge in [0.25, 0.3) is 5.91 Å². The fraction of sp³-hybridized carbons (Fsp3) is 0.190. The highest BCUT2D eigenvalue weighted by Crippen LogP contribution is 2.30. The molecule has 2 N–H and O–H groups in total. The Labute approximate surface area is 168 Å². The number of nitrogens with one attached hydrogen (secondary N) is 2. The molecule has 1 heterocycles. The van der Waals surface area contributed by atoms with Crippen molar-refractivity contribution in [1.82, 2.24) is 9.97 Å². The summed E-state index contributed by atoms with van der Waals surface area (Å²) in [6, 6.07) is 14.0. The summed E-state index contributed by atoms with van der Waals surface area (Å²) in [4.78, 5) is 21.4. The summed E-state index contributed by atoms with van der Waals surface area (Å²) in [5.74, 6) is 1.81. The molecule has 8 heteroatoms. The van der Waals surface area contributed by atoms with Crippen LogP contribution in [0.15, 0.2) is 48.5 Å². The molecule has 0 fully saturated rings. The Morgan fingerprint density at radius 1 is 0.897 bits per heavy atom. The van der Waals surface area contributed by atoms with Gasteiger partial charge in [-0.25, -0.2) is 9.97 Å². The zero-order valence-electron chi connectivity index (χ0n) is 16.6. The van der Waals surface area contributed by atoms with Gasteiger partial charge in [0.15, 0.2) is 0 Å². The molecule has 0 atom stereocenters. The second-order valence-electron chi connectivity index (χ2n) is 6.10. The van der Waals surface area contributed by atoms with Crippen LogP contribution in [0.3, 0.4) is 0 Å². The van der Waals surface area contributed by atoms with Gasteiger partial charge < -0.3 is 24.8 Å². The van der Waals surface area contributed by atoms with Crippen LogP contribution in [0.4, 0.5) is 17.3 Å². The van der Waals surface area contributed by atoms with E-state index in [1.807, 2.05) is 0 Å². The van der Waals surface area contributed by atoms with Crippen molar-refractivity contribution in [3.8, 4) is 17.2 Å². The van der Waals surface area contributed by atoms with Crippen LogP contribution in [-0.2, 0) is 0 Å². The topological polar surface area (TPSA) is 94.6 Å². The maximum absolute atomic E-state index is 12.7. The maximum Gasteiger partial charge on any atom is 0.274 e. The molecule has 3 rings (SSSR count). The van der Waals surface area contributed by atoms with E-state index in [2.05, 4.69) is 20.6 Å². The number of aromatic nitrogens is 2. The number of hydrogen-bond acceptors (Lipinski definition) is 7. The van der Waals surface area contributed by atoms with Crippen molar-refractivity contribution in [3.63, 3.8) is 0 Å². The molecule has 0 spiro atoms. The number of ether oxygens (including phenoxy) is 3. The summed E-state index contributed by atoms with van der Waals surface area (Å²) in [6.45, 7) is 1.79. The van der Waals surface area contributed by atoms with Gasteiger partial charge in [-0.3, -0.25) is 4.79 Å². The number of nitrogens with zero attached hydrogens (tertiary/aromatic N) is 2. The molecule has 0 aliphatic heterocycles. The first-order valence-corrected chi connectivity index (χ1v) is 8.82. The number of hydrogen-bond donors (Lipinski definition) is 2. The van der Waals surface area contributed by atoms with Gasteiger partial charge in [-0.2, -0.15) is 0 Å². The van der Waals surface area contributed by atoms with E-state index in [1.165, 1.54) is 0 Å². The zero-order valence-corrected chi connectivity index (χ0v) is 16.6. The third kappa shape index (κ3) is 4.92. The first-order valence-electron chi connectivity index (χ1n) is 8.82. The number of benzene rings is 2. The fourth-order valence-electron chi connectivity index (χ4n) is 2.66. The number of carbonyl (C=O) groups excluding carboxylic acids is 1. The van der Waals surface area contributed by atoms with Gasteiger partial charge in [0.05, 0.1) is 27.0 Å². The summed E-state index contributed by atoms with van der Waals surface area (Å²) >= 11 is 0. The molecular formula is C21H22N4O4. The second-order valence-corrected chi connectivity index (χ2v) is 6.10. The van der Waals surface area contributed by atoms with Crippen LogP contribution in [0.1, 0.15) is 16.2 Å². The lowest BCUT2D eigenvalue weighted by Gasteiger charge is -2.13. The van der Waals surface area contributed by atoms with E-state index in [9.17, 15) is 4.79 Å². The first-order chi connectivity index (χ1) is 14.0. The number of amides is 1. The molecule has 0 saturated heterocycles. The summed E-state index contributed by atoms with van der Waals surface area (Å²) in [5.41, 5.74) is 2.14. The monoisotopic (exact) mass is 394 g/mol. The van der Waals surface area contributed by atoms with Gasteiger partial charge in [0.1, 0.15) is 22.9 Å². The minimum Gasteiger partial charge on any atom is -0.497 e. The summed E-state index contributed by atoms with van der Waals surface area (Å²) in [6.07, 6.45) is 0. The normalized spacial score (nSPS) is 10.2. The molecule has 0 bridgehead atoms. The highest BCUT2D eigenvalue weighted by molar-refractivity contribution is 6.03. The van der Waals surface area contributed by atoms with Crippen LogP contribution in [0.5, 0.6) is 17.2 Å². The van der Waals surface area contributed by atoms with Crippen molar-refractivity contribution in [1.29, 1.82) is 0 Å². The smallest absolute Gasteiger partial charge is 0.274 e. The predicted molar refractivity (Wildman–Crippen MR) is 111 cm³/mol. The van der Waals surface area contributed by atoms with E-state index in [4.69, 9.17) is 14.2 Å². The molecule has 1 amide bonds. The Morgan fingerprint density at radius 2 is 1.66 bits per heavy atom. The van der Waals surface area contributed by atoms with Crippen LogP contribution in [0.2, 0.25) is 0 Å². The highest BCUT2D eigenvalue weighted by atomic mass is 16.5. The van der Waals surface area contributed by atoms with E-state index < -0.39 is 0 Å². The van der Waals surface area contributed by atoms with Crippen molar-refractivity contribution in [2.75, 3.05) is 32.0 Å². The van der Waals surface area contributed by atoms with Crippen LogP contribution in [0.25, 0.3) is 0 Å². The molecular weight excluding hydrogens is 372 g/mol. The van der Waals surface area contributed by atoms with Gasteiger partial charge in [-0.05, 0) is 37.3 Å². The molecule has 8 nitrogen and oxygen atoms in total. The van der Waals surface area contributed by atoms with Crippen molar-refractivity contribution in [2.45, 2.75) is 6.92 Å². The second kappa shape index (κ2) is 8.92. The fourth-order valence-corrected chi connectivity index (χ4v) is 2.66. The molecule has 0 radical (unpaired) electrons. The Morgan fingerprint density at radius 3 is 2.38 bits per heavy atom. The Kier molecular flexibility index (Phi) is 6.13. The SMILES string of the molecule is COc1cccc(NC(=O)c2cc(C)nc(Nc3ccc(OC)cc3OC)n2)c1. The summed E-state index contributed by atoms with van der Waals surface area (Å²) in [5, 5.41) is 5.90. The third-order valence-corrected chi connectivity index (χ3v) is 4.07. The van der Waals surface area contributed by atoms with Gasteiger partial charge in [-0.1, -0.05) is 6.07 Å². The Hall–Kier alpha value is -3.81. The van der Waals surface area contributed by atoms with E-state index in [-0.39, 0.29) is 17.5 Å². The molecule has 0 aliphatic rings. The van der Waals surface area contributed by atoms with Gasteiger partial charge in [-0.15, -0.1) is 0 Å². The number of methoxy groups -OCH3 is 3. The van der Waals surface area contributed by atoms with E-state index in [0.29, 0.717) is 34.3 Å². The molecule has 0 aliphatic carbocycles. The lowest BCUT2D eigenvalue weighted by atomic mass is 10.2. The molecule has 0 saturated carbocycles. The predicted octanol–water partition coefficient (Wildman–Crippen LogP) is 3.81. The number of rotatable bonds is 7. The lowest BCUT2D eigenvalue weighted by molar-refractivity contribution is 0.102. The average molecular weight is 394 g/mol. The van der Waals surface area contributed by atoms with Gasteiger partial charge >= 0.3 is 0 Å². The van der Waals surface area contributed by atoms with E-state index >= 15 is 0 Å². The van der Waals surface area contributed by atoms with Gasteiger partial charge in [0.2, 0.25) is 5.95 Å². The summed E-state index contributed by atoms with van der Waals surface area (Å²) in [7, 11) is 4.71. The molecule has 0 unspecified atom stereocenters. The molecule has 1 aromatic heterocycles. The van der Waals surface area contributed by atoms with Crippen LogP contribution >= 0.6 is 0 Å².